The monoisotopic (exact) mass is 219 g/mol. The van der Waals surface area contributed by atoms with Crippen LogP contribution in [0.4, 0.5) is 10.1 Å². The summed E-state index contributed by atoms with van der Waals surface area (Å²) < 4.78 is 13.0. The third kappa shape index (κ3) is 1.86. The first-order chi connectivity index (χ1) is 7.76. The van der Waals surface area contributed by atoms with Gasteiger partial charge in [-0.05, 0) is 31.0 Å². The number of anilines is 1. The van der Waals surface area contributed by atoms with Gasteiger partial charge in [-0.1, -0.05) is 0 Å². The van der Waals surface area contributed by atoms with Crippen molar-refractivity contribution in [1.82, 2.24) is 0 Å². The standard InChI is InChI=1S/C12H14FN3/c13-10-3-4-12(9(6-10)7-14)16-5-1-2-11(16)8-15/h3-4,6,11H,1-2,5,8,15H2. The molecule has 1 saturated heterocycles. The number of nitrogens with two attached hydrogens (primary N) is 1. The Morgan fingerprint density at radius 3 is 3.06 bits per heavy atom. The van der Waals surface area contributed by atoms with Gasteiger partial charge in [0, 0.05) is 19.1 Å². The van der Waals surface area contributed by atoms with Crippen molar-refractivity contribution in [3.63, 3.8) is 0 Å². The van der Waals surface area contributed by atoms with Gasteiger partial charge in [0.05, 0.1) is 11.3 Å². The summed E-state index contributed by atoms with van der Waals surface area (Å²) in [5, 5.41) is 8.99. The van der Waals surface area contributed by atoms with Crippen LogP contribution in [0.25, 0.3) is 0 Å². The highest BCUT2D eigenvalue weighted by Gasteiger charge is 2.25. The van der Waals surface area contributed by atoms with E-state index < -0.39 is 0 Å². The van der Waals surface area contributed by atoms with Crippen molar-refractivity contribution in [2.45, 2.75) is 18.9 Å². The van der Waals surface area contributed by atoms with Gasteiger partial charge in [0.15, 0.2) is 0 Å². The smallest absolute Gasteiger partial charge is 0.124 e. The van der Waals surface area contributed by atoms with Gasteiger partial charge in [0.2, 0.25) is 0 Å². The molecule has 1 aliphatic rings. The van der Waals surface area contributed by atoms with Crippen LogP contribution in [0.2, 0.25) is 0 Å². The van der Waals surface area contributed by atoms with Crippen molar-refractivity contribution in [1.29, 1.82) is 5.26 Å². The van der Waals surface area contributed by atoms with Crippen molar-refractivity contribution >= 4 is 5.69 Å². The molecule has 0 bridgehead atoms. The van der Waals surface area contributed by atoms with E-state index in [1.807, 2.05) is 6.07 Å². The van der Waals surface area contributed by atoms with Crippen LogP contribution in [-0.4, -0.2) is 19.1 Å². The van der Waals surface area contributed by atoms with Crippen LogP contribution in [0.3, 0.4) is 0 Å². The van der Waals surface area contributed by atoms with Gasteiger partial charge in [-0.25, -0.2) is 4.39 Å². The lowest BCUT2D eigenvalue weighted by atomic mass is 10.1. The normalized spacial score (nSPS) is 19.8. The SMILES string of the molecule is N#Cc1cc(F)ccc1N1CCCC1CN. The average Bonchev–Trinajstić information content (AvgIpc) is 2.76. The average molecular weight is 219 g/mol. The number of halogens is 1. The van der Waals surface area contributed by atoms with E-state index in [-0.39, 0.29) is 11.9 Å². The highest BCUT2D eigenvalue weighted by atomic mass is 19.1. The Morgan fingerprint density at radius 2 is 2.38 bits per heavy atom. The minimum absolute atomic E-state index is 0.276. The van der Waals surface area contributed by atoms with Crippen molar-refractivity contribution in [2.24, 2.45) is 5.73 Å². The Hall–Kier alpha value is -1.60. The fraction of sp³-hybridized carbons (Fsp3) is 0.417. The molecule has 1 heterocycles. The van der Waals surface area contributed by atoms with Crippen molar-refractivity contribution in [2.75, 3.05) is 18.0 Å². The van der Waals surface area contributed by atoms with Gasteiger partial charge in [-0.15, -0.1) is 0 Å². The van der Waals surface area contributed by atoms with E-state index in [0.29, 0.717) is 12.1 Å². The van der Waals surface area contributed by atoms with Gasteiger partial charge >= 0.3 is 0 Å². The largest absolute Gasteiger partial charge is 0.366 e. The highest BCUT2D eigenvalue weighted by molar-refractivity contribution is 5.60. The van der Waals surface area contributed by atoms with Gasteiger partial charge in [0.25, 0.3) is 0 Å². The quantitative estimate of drug-likeness (QED) is 0.822. The number of rotatable bonds is 2. The van der Waals surface area contributed by atoms with E-state index in [1.54, 1.807) is 6.07 Å². The Morgan fingerprint density at radius 1 is 1.56 bits per heavy atom. The molecule has 0 aliphatic carbocycles. The van der Waals surface area contributed by atoms with E-state index in [1.165, 1.54) is 12.1 Å². The zero-order valence-corrected chi connectivity index (χ0v) is 8.99. The van der Waals surface area contributed by atoms with E-state index in [4.69, 9.17) is 11.0 Å². The maximum Gasteiger partial charge on any atom is 0.124 e. The fourth-order valence-corrected chi connectivity index (χ4v) is 2.25. The molecule has 0 spiro atoms. The molecule has 0 aromatic heterocycles. The minimum atomic E-state index is -0.371. The molecular formula is C12H14FN3. The van der Waals surface area contributed by atoms with Gasteiger partial charge in [0.1, 0.15) is 11.9 Å². The van der Waals surface area contributed by atoms with E-state index in [9.17, 15) is 4.39 Å². The molecule has 0 radical (unpaired) electrons. The van der Waals surface area contributed by atoms with Crippen molar-refractivity contribution in [3.8, 4) is 6.07 Å². The molecule has 1 atom stereocenters. The molecule has 1 aromatic carbocycles. The summed E-state index contributed by atoms with van der Waals surface area (Å²) in [7, 11) is 0. The number of hydrogen-bond acceptors (Lipinski definition) is 3. The third-order valence-corrected chi connectivity index (χ3v) is 3.04. The molecule has 3 nitrogen and oxygen atoms in total. The Bertz CT molecular complexity index is 425. The summed E-state index contributed by atoms with van der Waals surface area (Å²) in [6.45, 7) is 1.46. The Balaban J connectivity index is 2.36. The molecule has 4 heteroatoms. The first-order valence-electron chi connectivity index (χ1n) is 5.42. The first-order valence-corrected chi connectivity index (χ1v) is 5.42. The Labute approximate surface area is 94.3 Å². The van der Waals surface area contributed by atoms with Crippen LogP contribution in [-0.2, 0) is 0 Å². The second kappa shape index (κ2) is 4.50. The molecule has 1 aromatic rings. The summed E-state index contributed by atoms with van der Waals surface area (Å²) in [5.41, 5.74) is 6.88. The maximum absolute atomic E-state index is 13.0. The predicted molar refractivity (Wildman–Crippen MR) is 60.5 cm³/mol. The molecule has 2 rings (SSSR count). The minimum Gasteiger partial charge on any atom is -0.366 e. The summed E-state index contributed by atoms with van der Waals surface area (Å²) >= 11 is 0. The zero-order valence-electron chi connectivity index (χ0n) is 8.99. The van der Waals surface area contributed by atoms with Crippen LogP contribution >= 0.6 is 0 Å². The lowest BCUT2D eigenvalue weighted by Crippen LogP contribution is -2.35. The van der Waals surface area contributed by atoms with E-state index in [2.05, 4.69) is 4.90 Å². The van der Waals surface area contributed by atoms with E-state index >= 15 is 0 Å². The maximum atomic E-state index is 13.0. The molecule has 0 amide bonds. The molecule has 2 N–H and O–H groups in total. The predicted octanol–water partition coefficient (Wildman–Crippen LogP) is 1.62. The molecule has 1 aliphatic heterocycles. The molecule has 1 fully saturated rings. The molecule has 0 saturated carbocycles. The van der Waals surface area contributed by atoms with Crippen LogP contribution in [0.5, 0.6) is 0 Å². The van der Waals surface area contributed by atoms with Gasteiger partial charge in [-0.3, -0.25) is 0 Å². The second-order valence-corrected chi connectivity index (χ2v) is 4.00. The lowest BCUT2D eigenvalue weighted by molar-refractivity contribution is 0.625. The number of hydrogen-bond donors (Lipinski definition) is 1. The van der Waals surface area contributed by atoms with E-state index in [0.717, 1.165) is 25.1 Å². The number of nitrogens with zero attached hydrogens (tertiary/aromatic N) is 2. The van der Waals surface area contributed by atoms with Gasteiger partial charge < -0.3 is 10.6 Å². The summed E-state index contributed by atoms with van der Waals surface area (Å²) in [5.74, 6) is -0.371. The molecule has 16 heavy (non-hydrogen) atoms. The van der Waals surface area contributed by atoms with Crippen LogP contribution < -0.4 is 10.6 Å². The summed E-state index contributed by atoms with van der Waals surface area (Å²) in [6, 6.07) is 6.65. The van der Waals surface area contributed by atoms with Gasteiger partial charge in [-0.2, -0.15) is 5.26 Å². The fourth-order valence-electron chi connectivity index (χ4n) is 2.25. The number of benzene rings is 1. The zero-order chi connectivity index (χ0) is 11.5. The first kappa shape index (κ1) is 10.9. The summed E-state index contributed by atoms with van der Waals surface area (Å²) in [4.78, 5) is 2.11. The molecule has 84 valence electrons. The topological polar surface area (TPSA) is 53.0 Å². The van der Waals surface area contributed by atoms with Crippen LogP contribution in [0, 0.1) is 17.1 Å². The lowest BCUT2D eigenvalue weighted by Gasteiger charge is -2.26. The van der Waals surface area contributed by atoms with Crippen molar-refractivity contribution in [3.05, 3.63) is 29.6 Å². The van der Waals surface area contributed by atoms with Crippen LogP contribution in [0.1, 0.15) is 18.4 Å². The second-order valence-electron chi connectivity index (χ2n) is 4.00. The van der Waals surface area contributed by atoms with Crippen molar-refractivity contribution < 1.29 is 4.39 Å². The molecule has 1 unspecified atom stereocenters. The summed E-state index contributed by atoms with van der Waals surface area (Å²) in [6.07, 6.45) is 2.11. The number of nitriles is 1. The molecular weight excluding hydrogens is 205 g/mol. The highest BCUT2D eigenvalue weighted by Crippen LogP contribution is 2.28. The Kier molecular flexibility index (Phi) is 3.07. The third-order valence-electron chi connectivity index (χ3n) is 3.04. The van der Waals surface area contributed by atoms with Crippen LogP contribution in [0.15, 0.2) is 18.2 Å².